The van der Waals surface area contributed by atoms with Crippen LogP contribution in [-0.4, -0.2) is 10.9 Å². The molecule has 72 valence electrons. The van der Waals surface area contributed by atoms with E-state index in [2.05, 4.69) is 4.98 Å². The Morgan fingerprint density at radius 1 is 1.54 bits per heavy atom. The third-order valence-corrected chi connectivity index (χ3v) is 2.87. The van der Waals surface area contributed by atoms with Crippen molar-refractivity contribution in [2.75, 3.05) is 5.88 Å². The standard InChI is InChI=1S/C10H14ClNO/c11-6-2-5-10-12-7-9(13-10)8-3-1-4-8/h7-8H,1-6H2. The van der Waals surface area contributed by atoms with Crippen molar-refractivity contribution in [3.05, 3.63) is 17.8 Å². The van der Waals surface area contributed by atoms with Gasteiger partial charge in [0.2, 0.25) is 0 Å². The minimum atomic E-state index is 0.650. The number of hydrogen-bond donors (Lipinski definition) is 0. The smallest absolute Gasteiger partial charge is 0.194 e. The summed E-state index contributed by atoms with van der Waals surface area (Å²) in [5.41, 5.74) is 0. The molecule has 0 amide bonds. The van der Waals surface area contributed by atoms with Gasteiger partial charge in [0.25, 0.3) is 0 Å². The van der Waals surface area contributed by atoms with E-state index in [9.17, 15) is 0 Å². The highest BCUT2D eigenvalue weighted by atomic mass is 35.5. The normalized spacial score (nSPS) is 17.3. The SMILES string of the molecule is ClCCCc1ncc(C2CCC2)o1. The Bertz CT molecular complexity index is 268. The first-order chi connectivity index (χ1) is 6.40. The van der Waals surface area contributed by atoms with E-state index in [0.29, 0.717) is 11.8 Å². The van der Waals surface area contributed by atoms with Gasteiger partial charge in [-0.05, 0) is 19.3 Å². The highest BCUT2D eigenvalue weighted by molar-refractivity contribution is 6.17. The molecule has 0 spiro atoms. The predicted molar refractivity (Wildman–Crippen MR) is 52.1 cm³/mol. The van der Waals surface area contributed by atoms with Crippen molar-refractivity contribution in [3.63, 3.8) is 0 Å². The number of oxazole rings is 1. The zero-order valence-electron chi connectivity index (χ0n) is 7.63. The molecule has 1 heterocycles. The van der Waals surface area contributed by atoms with Gasteiger partial charge in [-0.2, -0.15) is 0 Å². The molecule has 0 saturated heterocycles. The fourth-order valence-electron chi connectivity index (χ4n) is 1.54. The van der Waals surface area contributed by atoms with E-state index in [1.54, 1.807) is 0 Å². The highest BCUT2D eigenvalue weighted by Gasteiger charge is 2.23. The summed E-state index contributed by atoms with van der Waals surface area (Å²) in [6.07, 6.45) is 7.58. The molecule has 0 atom stereocenters. The minimum absolute atomic E-state index is 0.650. The third kappa shape index (κ3) is 2.05. The van der Waals surface area contributed by atoms with E-state index in [4.69, 9.17) is 16.0 Å². The molecule has 1 fully saturated rings. The number of rotatable bonds is 4. The number of aryl methyl sites for hydroxylation is 1. The van der Waals surface area contributed by atoms with Crippen molar-refractivity contribution in [1.29, 1.82) is 0 Å². The van der Waals surface area contributed by atoms with Crippen LogP contribution in [0.4, 0.5) is 0 Å². The molecule has 0 bridgehead atoms. The summed E-state index contributed by atoms with van der Waals surface area (Å²) in [4.78, 5) is 4.23. The fourth-order valence-corrected chi connectivity index (χ4v) is 1.67. The predicted octanol–water partition coefficient (Wildman–Crippen LogP) is 3.11. The van der Waals surface area contributed by atoms with Crippen LogP contribution >= 0.6 is 11.6 Å². The summed E-state index contributed by atoms with van der Waals surface area (Å²) < 4.78 is 5.62. The largest absolute Gasteiger partial charge is 0.445 e. The quantitative estimate of drug-likeness (QED) is 0.697. The lowest BCUT2D eigenvalue weighted by molar-refractivity contribution is 0.334. The molecule has 1 aromatic heterocycles. The molecule has 2 nitrogen and oxygen atoms in total. The molecule has 2 rings (SSSR count). The van der Waals surface area contributed by atoms with Crippen molar-refractivity contribution in [2.45, 2.75) is 38.0 Å². The molecule has 0 radical (unpaired) electrons. The van der Waals surface area contributed by atoms with E-state index in [-0.39, 0.29) is 0 Å². The molecule has 1 aliphatic carbocycles. The van der Waals surface area contributed by atoms with E-state index >= 15 is 0 Å². The number of hydrogen-bond acceptors (Lipinski definition) is 2. The summed E-state index contributed by atoms with van der Waals surface area (Å²) in [6, 6.07) is 0. The van der Waals surface area contributed by atoms with Gasteiger partial charge >= 0.3 is 0 Å². The Morgan fingerprint density at radius 2 is 2.38 bits per heavy atom. The van der Waals surface area contributed by atoms with Gasteiger partial charge in [-0.1, -0.05) is 6.42 Å². The van der Waals surface area contributed by atoms with Crippen LogP contribution in [-0.2, 0) is 6.42 Å². The van der Waals surface area contributed by atoms with Crippen molar-refractivity contribution in [2.24, 2.45) is 0 Å². The summed E-state index contributed by atoms with van der Waals surface area (Å²) >= 11 is 5.59. The van der Waals surface area contributed by atoms with Gasteiger partial charge in [-0.25, -0.2) is 4.98 Å². The second-order valence-corrected chi connectivity index (χ2v) is 3.95. The van der Waals surface area contributed by atoms with Gasteiger partial charge in [-0.15, -0.1) is 11.6 Å². The lowest BCUT2D eigenvalue weighted by Gasteiger charge is -2.22. The molecule has 0 N–H and O–H groups in total. The Hall–Kier alpha value is -0.500. The average molecular weight is 200 g/mol. The van der Waals surface area contributed by atoms with Gasteiger partial charge in [0.15, 0.2) is 5.89 Å². The van der Waals surface area contributed by atoms with E-state index < -0.39 is 0 Å². The molecule has 3 heteroatoms. The van der Waals surface area contributed by atoms with Gasteiger partial charge in [0.05, 0.1) is 6.20 Å². The number of aromatic nitrogens is 1. The van der Waals surface area contributed by atoms with Crippen molar-refractivity contribution < 1.29 is 4.42 Å². The molecular weight excluding hydrogens is 186 g/mol. The van der Waals surface area contributed by atoms with Gasteiger partial charge in [0, 0.05) is 18.2 Å². The molecule has 0 unspecified atom stereocenters. The second-order valence-electron chi connectivity index (χ2n) is 3.58. The van der Waals surface area contributed by atoms with E-state index in [0.717, 1.165) is 24.5 Å². The first-order valence-corrected chi connectivity index (χ1v) is 5.44. The van der Waals surface area contributed by atoms with Crippen molar-refractivity contribution in [3.8, 4) is 0 Å². The van der Waals surface area contributed by atoms with Crippen LogP contribution in [0.1, 0.15) is 43.3 Å². The Labute approximate surface area is 83.3 Å². The maximum absolute atomic E-state index is 5.62. The van der Waals surface area contributed by atoms with Crippen molar-refractivity contribution in [1.82, 2.24) is 4.98 Å². The molecule has 1 aromatic rings. The average Bonchev–Trinajstić information content (AvgIpc) is 2.46. The van der Waals surface area contributed by atoms with Crippen LogP contribution in [0.3, 0.4) is 0 Å². The molecular formula is C10H14ClNO. The first kappa shape index (κ1) is 9.07. The topological polar surface area (TPSA) is 26.0 Å². The third-order valence-electron chi connectivity index (χ3n) is 2.60. The first-order valence-electron chi connectivity index (χ1n) is 4.90. The highest BCUT2D eigenvalue weighted by Crippen LogP contribution is 2.36. The Morgan fingerprint density at radius 3 is 3.00 bits per heavy atom. The fraction of sp³-hybridized carbons (Fsp3) is 0.700. The van der Waals surface area contributed by atoms with Crippen LogP contribution in [0.15, 0.2) is 10.6 Å². The van der Waals surface area contributed by atoms with Crippen LogP contribution in [0.25, 0.3) is 0 Å². The van der Waals surface area contributed by atoms with Crippen LogP contribution in [0.2, 0.25) is 0 Å². The van der Waals surface area contributed by atoms with E-state index in [1.807, 2.05) is 6.20 Å². The Balaban J connectivity index is 1.92. The number of alkyl halides is 1. The lowest BCUT2D eigenvalue weighted by Crippen LogP contribution is -2.07. The summed E-state index contributed by atoms with van der Waals surface area (Å²) in [5.74, 6) is 3.26. The molecule has 0 aromatic carbocycles. The van der Waals surface area contributed by atoms with Crippen LogP contribution < -0.4 is 0 Å². The summed E-state index contributed by atoms with van der Waals surface area (Å²) in [5, 5.41) is 0. The van der Waals surface area contributed by atoms with Gasteiger partial charge in [0.1, 0.15) is 5.76 Å². The molecule has 1 aliphatic rings. The number of nitrogens with zero attached hydrogens (tertiary/aromatic N) is 1. The second kappa shape index (κ2) is 4.14. The van der Waals surface area contributed by atoms with Crippen LogP contribution in [0, 0.1) is 0 Å². The van der Waals surface area contributed by atoms with Gasteiger partial charge in [-0.3, -0.25) is 0 Å². The van der Waals surface area contributed by atoms with Gasteiger partial charge < -0.3 is 4.42 Å². The number of halogens is 1. The summed E-state index contributed by atoms with van der Waals surface area (Å²) in [7, 11) is 0. The monoisotopic (exact) mass is 199 g/mol. The lowest BCUT2D eigenvalue weighted by atomic mass is 9.84. The van der Waals surface area contributed by atoms with Crippen LogP contribution in [0.5, 0.6) is 0 Å². The van der Waals surface area contributed by atoms with E-state index in [1.165, 1.54) is 19.3 Å². The maximum Gasteiger partial charge on any atom is 0.194 e. The Kier molecular flexibility index (Phi) is 2.89. The maximum atomic E-state index is 5.62. The zero-order chi connectivity index (χ0) is 9.10. The molecule has 13 heavy (non-hydrogen) atoms. The minimum Gasteiger partial charge on any atom is -0.445 e. The van der Waals surface area contributed by atoms with Crippen molar-refractivity contribution >= 4 is 11.6 Å². The zero-order valence-corrected chi connectivity index (χ0v) is 8.39. The summed E-state index contributed by atoms with van der Waals surface area (Å²) in [6.45, 7) is 0. The molecule has 0 aliphatic heterocycles. The molecule has 1 saturated carbocycles.